The molecule has 0 N–H and O–H groups in total. The van der Waals surface area contributed by atoms with Gasteiger partial charge in [-0.1, -0.05) is 6.07 Å². The molecule has 146 valence electrons. The number of rotatable bonds is 6. The van der Waals surface area contributed by atoms with Crippen molar-refractivity contribution in [1.82, 2.24) is 14.7 Å². The summed E-state index contributed by atoms with van der Waals surface area (Å²) in [5.74, 6) is 2.31. The summed E-state index contributed by atoms with van der Waals surface area (Å²) < 4.78 is 18.3. The second-order valence-corrected chi connectivity index (χ2v) is 6.74. The first-order chi connectivity index (χ1) is 13.7. The van der Waals surface area contributed by atoms with Crippen molar-refractivity contribution in [3.8, 4) is 11.5 Å². The van der Waals surface area contributed by atoms with Gasteiger partial charge in [-0.2, -0.15) is 5.10 Å². The first-order valence-electron chi connectivity index (χ1n) is 9.28. The fourth-order valence-electron chi connectivity index (χ4n) is 3.69. The predicted molar refractivity (Wildman–Crippen MR) is 103 cm³/mol. The summed E-state index contributed by atoms with van der Waals surface area (Å²) >= 11 is 0. The number of benzene rings is 1. The monoisotopic (exact) mass is 381 g/mol. The summed E-state index contributed by atoms with van der Waals surface area (Å²) in [7, 11) is 3.23. The van der Waals surface area contributed by atoms with Crippen LogP contribution in [0, 0.1) is 0 Å². The standard InChI is InChI=1S/C21H23N3O4/c1-26-18-8-6-15(13-20(18)27-2)17-5-3-12-24(17)21(25)19-9-7-16(28-19)14-23-11-4-10-22-23/h4,6-11,13,17H,3,5,12,14H2,1-2H3/t17-/m1/s1. The van der Waals surface area contributed by atoms with Gasteiger partial charge in [0.1, 0.15) is 5.76 Å². The summed E-state index contributed by atoms with van der Waals surface area (Å²) in [5, 5.41) is 4.16. The van der Waals surface area contributed by atoms with Crippen LogP contribution in [0.25, 0.3) is 0 Å². The van der Waals surface area contributed by atoms with E-state index >= 15 is 0 Å². The van der Waals surface area contributed by atoms with Crippen LogP contribution >= 0.6 is 0 Å². The van der Waals surface area contributed by atoms with Crippen molar-refractivity contribution in [2.45, 2.75) is 25.4 Å². The van der Waals surface area contributed by atoms with Gasteiger partial charge in [0.2, 0.25) is 0 Å². The van der Waals surface area contributed by atoms with Gasteiger partial charge in [-0.05, 0) is 48.7 Å². The number of methoxy groups -OCH3 is 2. The van der Waals surface area contributed by atoms with Crippen molar-refractivity contribution in [2.24, 2.45) is 0 Å². The van der Waals surface area contributed by atoms with E-state index in [4.69, 9.17) is 13.9 Å². The maximum absolute atomic E-state index is 13.1. The van der Waals surface area contributed by atoms with Crippen LogP contribution in [-0.4, -0.2) is 41.4 Å². The highest BCUT2D eigenvalue weighted by Gasteiger charge is 2.32. The zero-order valence-electron chi connectivity index (χ0n) is 16.0. The Balaban J connectivity index is 1.53. The summed E-state index contributed by atoms with van der Waals surface area (Å²) in [6, 6.07) is 11.2. The third-order valence-electron chi connectivity index (χ3n) is 5.06. The van der Waals surface area contributed by atoms with E-state index in [0.717, 1.165) is 18.4 Å². The molecule has 3 aromatic rings. The minimum Gasteiger partial charge on any atom is -0.493 e. The van der Waals surface area contributed by atoms with Crippen LogP contribution in [0.15, 0.2) is 53.2 Å². The molecule has 1 atom stereocenters. The average molecular weight is 381 g/mol. The molecular formula is C21H23N3O4. The highest BCUT2D eigenvalue weighted by atomic mass is 16.5. The van der Waals surface area contributed by atoms with E-state index in [9.17, 15) is 4.79 Å². The number of amides is 1. The molecule has 2 aromatic heterocycles. The maximum Gasteiger partial charge on any atom is 0.290 e. The molecule has 4 rings (SSSR count). The van der Waals surface area contributed by atoms with E-state index in [1.54, 1.807) is 31.2 Å². The third kappa shape index (κ3) is 3.47. The van der Waals surface area contributed by atoms with Crippen LogP contribution < -0.4 is 9.47 Å². The molecule has 0 aliphatic carbocycles. The Bertz CT molecular complexity index is 948. The zero-order valence-corrected chi connectivity index (χ0v) is 16.0. The van der Waals surface area contributed by atoms with Crippen LogP contribution in [0.2, 0.25) is 0 Å². The lowest BCUT2D eigenvalue weighted by molar-refractivity contribution is 0.0701. The van der Waals surface area contributed by atoms with Crippen molar-refractivity contribution in [3.05, 3.63) is 65.9 Å². The van der Waals surface area contributed by atoms with Crippen molar-refractivity contribution in [3.63, 3.8) is 0 Å². The first-order valence-corrected chi connectivity index (χ1v) is 9.28. The molecule has 0 bridgehead atoms. The number of furan rings is 1. The molecule has 7 heteroatoms. The molecule has 1 fully saturated rings. The van der Waals surface area contributed by atoms with Crippen molar-refractivity contribution >= 4 is 5.91 Å². The molecule has 3 heterocycles. The van der Waals surface area contributed by atoms with E-state index in [1.807, 2.05) is 41.4 Å². The van der Waals surface area contributed by atoms with Crippen LogP contribution in [0.1, 0.15) is 40.8 Å². The maximum atomic E-state index is 13.1. The molecule has 1 aromatic carbocycles. The Morgan fingerprint density at radius 1 is 1.21 bits per heavy atom. The van der Waals surface area contributed by atoms with Crippen molar-refractivity contribution in [2.75, 3.05) is 20.8 Å². The van der Waals surface area contributed by atoms with Crippen molar-refractivity contribution < 1.29 is 18.7 Å². The highest BCUT2D eigenvalue weighted by molar-refractivity contribution is 5.92. The Hall–Kier alpha value is -3.22. The Morgan fingerprint density at radius 2 is 2.07 bits per heavy atom. The number of likely N-dealkylation sites (tertiary alicyclic amines) is 1. The summed E-state index contributed by atoms with van der Waals surface area (Å²) in [6.45, 7) is 1.20. The van der Waals surface area contributed by atoms with Gasteiger partial charge < -0.3 is 18.8 Å². The Labute approximate surface area is 163 Å². The van der Waals surface area contributed by atoms with E-state index in [-0.39, 0.29) is 11.9 Å². The number of carbonyl (C=O) groups excluding carboxylic acids is 1. The molecule has 7 nitrogen and oxygen atoms in total. The van der Waals surface area contributed by atoms with Gasteiger partial charge in [-0.25, -0.2) is 0 Å². The summed E-state index contributed by atoms with van der Waals surface area (Å²) in [4.78, 5) is 15.0. The van der Waals surface area contributed by atoms with Crippen LogP contribution in [0.5, 0.6) is 11.5 Å². The predicted octanol–water partition coefficient (Wildman–Crippen LogP) is 3.52. The minimum absolute atomic E-state index is 0.00743. The quantitative estimate of drug-likeness (QED) is 0.653. The molecule has 1 aliphatic heterocycles. The lowest BCUT2D eigenvalue weighted by Crippen LogP contribution is -2.30. The number of hydrogen-bond acceptors (Lipinski definition) is 5. The molecule has 1 saturated heterocycles. The van der Waals surface area contributed by atoms with Gasteiger partial charge in [0, 0.05) is 18.9 Å². The van der Waals surface area contributed by atoms with E-state index in [1.165, 1.54) is 0 Å². The normalized spacial score (nSPS) is 16.4. The van der Waals surface area contributed by atoms with E-state index in [0.29, 0.717) is 36.1 Å². The molecule has 0 unspecified atom stereocenters. The summed E-state index contributed by atoms with van der Waals surface area (Å²) in [5.41, 5.74) is 1.03. The molecule has 0 radical (unpaired) electrons. The van der Waals surface area contributed by atoms with Crippen LogP contribution in [0.4, 0.5) is 0 Å². The number of aromatic nitrogens is 2. The number of nitrogens with zero attached hydrogens (tertiary/aromatic N) is 3. The zero-order chi connectivity index (χ0) is 19.5. The van der Waals surface area contributed by atoms with Crippen LogP contribution in [-0.2, 0) is 6.54 Å². The average Bonchev–Trinajstić information content (AvgIpc) is 3.49. The second kappa shape index (κ2) is 7.80. The number of hydrogen-bond donors (Lipinski definition) is 0. The number of carbonyl (C=O) groups is 1. The number of ether oxygens (including phenoxy) is 2. The van der Waals surface area contributed by atoms with Crippen molar-refractivity contribution in [1.29, 1.82) is 0 Å². The largest absolute Gasteiger partial charge is 0.493 e. The van der Waals surface area contributed by atoms with Gasteiger partial charge in [0.15, 0.2) is 17.3 Å². The molecule has 0 saturated carbocycles. The topological polar surface area (TPSA) is 69.7 Å². The van der Waals surface area contributed by atoms with E-state index < -0.39 is 0 Å². The van der Waals surface area contributed by atoms with Crippen LogP contribution in [0.3, 0.4) is 0 Å². The molecule has 0 spiro atoms. The highest BCUT2D eigenvalue weighted by Crippen LogP contribution is 2.37. The third-order valence-corrected chi connectivity index (χ3v) is 5.06. The summed E-state index contributed by atoms with van der Waals surface area (Å²) in [6.07, 6.45) is 5.43. The fraction of sp³-hybridized carbons (Fsp3) is 0.333. The van der Waals surface area contributed by atoms with Gasteiger partial charge in [-0.3, -0.25) is 9.48 Å². The smallest absolute Gasteiger partial charge is 0.290 e. The molecule has 1 amide bonds. The first kappa shape index (κ1) is 18.2. The lowest BCUT2D eigenvalue weighted by atomic mass is 10.0. The SMILES string of the molecule is COc1ccc([C@H]2CCCN2C(=O)c2ccc(Cn3cccn3)o2)cc1OC. The lowest BCUT2D eigenvalue weighted by Gasteiger charge is -2.25. The fourth-order valence-corrected chi connectivity index (χ4v) is 3.69. The molecule has 28 heavy (non-hydrogen) atoms. The van der Waals surface area contributed by atoms with Gasteiger partial charge in [-0.15, -0.1) is 0 Å². The molecular weight excluding hydrogens is 358 g/mol. The van der Waals surface area contributed by atoms with Gasteiger partial charge in [0.05, 0.1) is 26.8 Å². The minimum atomic E-state index is -0.0935. The Kier molecular flexibility index (Phi) is 5.06. The molecule has 1 aliphatic rings. The van der Waals surface area contributed by atoms with E-state index in [2.05, 4.69) is 5.10 Å². The van der Waals surface area contributed by atoms with Gasteiger partial charge >= 0.3 is 0 Å². The Morgan fingerprint density at radius 3 is 2.82 bits per heavy atom. The second-order valence-electron chi connectivity index (χ2n) is 6.74. The van der Waals surface area contributed by atoms with Gasteiger partial charge in [0.25, 0.3) is 5.91 Å².